The average Bonchev–Trinajstić information content (AvgIpc) is 3.17. The van der Waals surface area contributed by atoms with E-state index in [2.05, 4.69) is 30.9 Å². The topological polar surface area (TPSA) is 138 Å². The minimum Gasteiger partial charge on any atom is -0.379 e. The summed E-state index contributed by atoms with van der Waals surface area (Å²) in [5, 5.41) is 15.6. The molecule has 2 aliphatic rings. The zero-order valence-corrected chi connectivity index (χ0v) is 33.5. The SMILES string of the molecule is Cl.Cl.O=C(NS(=O)(=O)c1ccc(NCCSc2ccccc2)c([N+](=O)[O-])c1)c1ccc2c(c1)CC[C@H]1CN(Cc3ccncc3-c3ccc(Cl)cc3)CCN21. The van der Waals surface area contributed by atoms with Crippen molar-refractivity contribution in [1.82, 2.24) is 14.6 Å². The monoisotopic (exact) mass is 840 g/mol. The Kier molecular flexibility index (Phi) is 14.1. The number of amides is 1. The number of nitrogens with zero attached hydrogens (tertiary/aromatic N) is 4. The third-order valence-corrected chi connectivity index (χ3v) is 12.2. The van der Waals surface area contributed by atoms with Crippen LogP contribution in [0, 0.1) is 10.1 Å². The minimum atomic E-state index is -4.40. The van der Waals surface area contributed by atoms with E-state index in [1.165, 1.54) is 17.7 Å². The predicted octanol–water partition coefficient (Wildman–Crippen LogP) is 8.11. The summed E-state index contributed by atoms with van der Waals surface area (Å²) < 4.78 is 28.7. The van der Waals surface area contributed by atoms with Crippen molar-refractivity contribution in [3.63, 3.8) is 0 Å². The summed E-state index contributed by atoms with van der Waals surface area (Å²) in [7, 11) is -4.40. The van der Waals surface area contributed by atoms with Gasteiger partial charge in [0.1, 0.15) is 5.69 Å². The van der Waals surface area contributed by atoms with Crippen LogP contribution < -0.4 is 14.9 Å². The lowest BCUT2D eigenvalue weighted by Crippen LogP contribution is -2.54. The van der Waals surface area contributed by atoms with Crippen molar-refractivity contribution in [2.45, 2.75) is 35.2 Å². The average molecular weight is 842 g/mol. The van der Waals surface area contributed by atoms with Crippen LogP contribution in [0.4, 0.5) is 17.1 Å². The highest BCUT2D eigenvalue weighted by molar-refractivity contribution is 7.99. The largest absolute Gasteiger partial charge is 0.379 e. The van der Waals surface area contributed by atoms with Gasteiger partial charge in [-0.1, -0.05) is 41.9 Å². The molecule has 7 rings (SSSR count). The van der Waals surface area contributed by atoms with Gasteiger partial charge in [0.25, 0.3) is 21.6 Å². The molecule has 3 heterocycles. The molecule has 1 atom stereocenters. The van der Waals surface area contributed by atoms with Gasteiger partial charge in [-0.05, 0) is 90.2 Å². The highest BCUT2D eigenvalue weighted by atomic mass is 35.5. The predicted molar refractivity (Wildman–Crippen MR) is 224 cm³/mol. The fourth-order valence-electron chi connectivity index (χ4n) is 6.94. The molecule has 288 valence electrons. The highest BCUT2D eigenvalue weighted by Crippen LogP contribution is 2.35. The number of anilines is 2. The number of sulfonamides is 1. The summed E-state index contributed by atoms with van der Waals surface area (Å²) in [4.78, 5) is 34.4. The van der Waals surface area contributed by atoms with Crippen LogP contribution in [-0.4, -0.2) is 67.1 Å². The number of rotatable bonds is 12. The summed E-state index contributed by atoms with van der Waals surface area (Å²) in [5.41, 5.74) is 5.41. The van der Waals surface area contributed by atoms with E-state index in [1.54, 1.807) is 23.9 Å². The van der Waals surface area contributed by atoms with Crippen molar-refractivity contribution >= 4 is 81.2 Å². The van der Waals surface area contributed by atoms with Crippen LogP contribution in [0.15, 0.2) is 119 Å². The molecule has 0 bridgehead atoms. The molecule has 0 spiro atoms. The first-order valence-electron chi connectivity index (χ1n) is 17.2. The second-order valence-corrected chi connectivity index (χ2v) is 16.3. The van der Waals surface area contributed by atoms with Gasteiger partial charge in [-0.3, -0.25) is 24.8 Å². The van der Waals surface area contributed by atoms with E-state index in [0.29, 0.717) is 23.4 Å². The zero-order valence-electron chi connectivity index (χ0n) is 29.5. The molecule has 1 fully saturated rings. The summed E-state index contributed by atoms with van der Waals surface area (Å²) in [6.45, 7) is 3.77. The number of hydrogen-bond acceptors (Lipinski definition) is 10. The van der Waals surface area contributed by atoms with Gasteiger partial charge in [0.15, 0.2) is 0 Å². The van der Waals surface area contributed by atoms with Crippen LogP contribution >= 0.6 is 48.2 Å². The van der Waals surface area contributed by atoms with Crippen molar-refractivity contribution in [1.29, 1.82) is 0 Å². The van der Waals surface area contributed by atoms with E-state index in [1.807, 2.05) is 73.1 Å². The molecule has 1 aromatic heterocycles. The lowest BCUT2D eigenvalue weighted by atomic mass is 9.92. The number of carbonyl (C=O) groups is 1. The molecule has 1 amide bonds. The number of nitro benzene ring substituents is 1. The Labute approximate surface area is 341 Å². The van der Waals surface area contributed by atoms with Crippen LogP contribution in [0.1, 0.15) is 27.9 Å². The number of aromatic nitrogens is 1. The van der Waals surface area contributed by atoms with Gasteiger partial charge in [-0.15, -0.1) is 36.6 Å². The number of fused-ring (bicyclic) bond motifs is 3. The van der Waals surface area contributed by atoms with E-state index < -0.39 is 26.5 Å². The maximum Gasteiger partial charge on any atom is 0.293 e. The molecular formula is C39H39Cl3N6O5S2. The lowest BCUT2D eigenvalue weighted by molar-refractivity contribution is -0.384. The number of thioether (sulfide) groups is 1. The van der Waals surface area contributed by atoms with Crippen molar-refractivity contribution in [2.24, 2.45) is 0 Å². The van der Waals surface area contributed by atoms with Gasteiger partial charge < -0.3 is 10.2 Å². The highest BCUT2D eigenvalue weighted by Gasteiger charge is 2.33. The molecule has 16 heteroatoms. The number of piperazine rings is 1. The van der Waals surface area contributed by atoms with Crippen LogP contribution in [0.25, 0.3) is 11.1 Å². The first-order valence-corrected chi connectivity index (χ1v) is 20.1. The van der Waals surface area contributed by atoms with Gasteiger partial charge >= 0.3 is 0 Å². The van der Waals surface area contributed by atoms with Crippen LogP contribution in [0.5, 0.6) is 0 Å². The van der Waals surface area contributed by atoms with Gasteiger partial charge in [0, 0.05) is 89.7 Å². The van der Waals surface area contributed by atoms with Gasteiger partial charge in [0.05, 0.1) is 9.82 Å². The Hall–Kier alpha value is -4.37. The molecule has 0 radical (unpaired) electrons. The molecule has 2 N–H and O–H groups in total. The van der Waals surface area contributed by atoms with Crippen LogP contribution in [-0.2, 0) is 23.0 Å². The number of hydrogen-bond donors (Lipinski definition) is 2. The molecule has 5 aromatic rings. The number of nitro groups is 1. The first kappa shape index (κ1) is 41.8. The van der Waals surface area contributed by atoms with E-state index >= 15 is 0 Å². The number of nitrogens with one attached hydrogen (secondary N) is 2. The number of carbonyl (C=O) groups excluding carboxylic acids is 1. The third kappa shape index (κ3) is 9.90. The number of benzene rings is 4. The Bertz CT molecular complexity index is 2250. The molecule has 11 nitrogen and oxygen atoms in total. The van der Waals surface area contributed by atoms with E-state index in [-0.39, 0.29) is 41.0 Å². The molecule has 0 aliphatic carbocycles. The minimum absolute atomic E-state index is 0. The summed E-state index contributed by atoms with van der Waals surface area (Å²) in [6.07, 6.45) is 5.36. The Morgan fingerprint density at radius 1 is 0.982 bits per heavy atom. The smallest absolute Gasteiger partial charge is 0.293 e. The molecule has 0 saturated carbocycles. The maximum absolute atomic E-state index is 13.3. The van der Waals surface area contributed by atoms with Crippen molar-refractivity contribution in [3.8, 4) is 11.1 Å². The molecule has 4 aromatic carbocycles. The Morgan fingerprint density at radius 3 is 2.53 bits per heavy atom. The summed E-state index contributed by atoms with van der Waals surface area (Å²) in [5.74, 6) is -0.148. The zero-order chi connectivity index (χ0) is 37.0. The normalized spacial score (nSPS) is 15.1. The first-order chi connectivity index (χ1) is 25.6. The molecule has 55 heavy (non-hydrogen) atoms. The second kappa shape index (κ2) is 18.5. The molecule has 1 saturated heterocycles. The Balaban J connectivity index is 0.00000290. The van der Waals surface area contributed by atoms with E-state index in [0.717, 1.165) is 72.4 Å². The lowest BCUT2D eigenvalue weighted by Gasteiger charge is -2.46. The number of halogens is 3. The maximum atomic E-state index is 13.3. The standard InChI is InChI=1S/C39H37ClN6O5S2.2ClH/c40-31-10-6-27(7-11-31)35-24-41-17-16-30(35)25-44-19-20-45-32(26-44)12-8-28-22-29(9-15-37(28)45)39(47)43-53(50,51)34-13-14-36(38(23-34)46(48)49)42-18-21-52-33-4-2-1-3-5-33;;/h1-7,9-11,13-17,22-24,32,42H,8,12,18-21,25-26H2,(H,43,47);2*1H/t32-;;/m0../s1. The number of pyridine rings is 1. The summed E-state index contributed by atoms with van der Waals surface area (Å²) >= 11 is 7.71. The van der Waals surface area contributed by atoms with E-state index in [4.69, 9.17) is 11.6 Å². The molecular weight excluding hydrogens is 803 g/mol. The van der Waals surface area contributed by atoms with Gasteiger partial charge in [-0.25, -0.2) is 13.1 Å². The number of aryl methyl sites for hydroxylation is 1. The van der Waals surface area contributed by atoms with Crippen LogP contribution in [0.3, 0.4) is 0 Å². The van der Waals surface area contributed by atoms with Crippen molar-refractivity contribution in [2.75, 3.05) is 42.1 Å². The van der Waals surface area contributed by atoms with Crippen molar-refractivity contribution in [3.05, 3.63) is 141 Å². The summed E-state index contributed by atoms with van der Waals surface area (Å²) in [6, 6.07) is 28.8. The van der Waals surface area contributed by atoms with Crippen molar-refractivity contribution < 1.29 is 18.1 Å². The fourth-order valence-corrected chi connectivity index (χ4v) is 8.85. The molecule has 2 aliphatic heterocycles. The third-order valence-electron chi connectivity index (χ3n) is 9.56. The quantitative estimate of drug-likeness (QED) is 0.0549. The fraction of sp³-hybridized carbons (Fsp3) is 0.231. The van der Waals surface area contributed by atoms with Crippen LogP contribution in [0.2, 0.25) is 5.02 Å². The van der Waals surface area contributed by atoms with Gasteiger partial charge in [-0.2, -0.15) is 0 Å². The molecule has 0 unspecified atom stereocenters. The van der Waals surface area contributed by atoms with Gasteiger partial charge in [0.2, 0.25) is 0 Å². The second-order valence-electron chi connectivity index (χ2n) is 13.0. The van der Waals surface area contributed by atoms with E-state index in [9.17, 15) is 23.3 Å². The Morgan fingerprint density at radius 2 is 1.76 bits per heavy atom.